The van der Waals surface area contributed by atoms with Gasteiger partial charge >= 0.3 is 16.2 Å². The Labute approximate surface area is 281 Å². The molecule has 48 heavy (non-hydrogen) atoms. The van der Waals surface area contributed by atoms with Crippen molar-refractivity contribution in [2.75, 3.05) is 21.2 Å². The van der Waals surface area contributed by atoms with E-state index in [-0.39, 0.29) is 23.4 Å². The molecule has 2 saturated carbocycles. The molecule has 0 spiro atoms. The summed E-state index contributed by atoms with van der Waals surface area (Å²) in [7, 11) is 0.383. The highest BCUT2D eigenvalue weighted by atomic mass is 32.2. The summed E-state index contributed by atoms with van der Waals surface area (Å²) >= 11 is 0. The molecule has 2 aromatic carbocycles. The van der Waals surface area contributed by atoms with Crippen molar-refractivity contribution in [1.29, 1.82) is 0 Å². The minimum Gasteiger partial charge on any atom is -0.496 e. The second kappa shape index (κ2) is 12.7. The molecule has 11 heteroatoms. The molecule has 254 valence electrons. The quantitative estimate of drug-likeness (QED) is 0.206. The first kappa shape index (κ1) is 32.5. The molecule has 2 unspecified atom stereocenters. The van der Waals surface area contributed by atoms with Gasteiger partial charge in [0.25, 0.3) is 5.91 Å². The third-order valence-electron chi connectivity index (χ3n) is 11.2. The van der Waals surface area contributed by atoms with Gasteiger partial charge in [-0.15, -0.1) is 0 Å². The maximum atomic E-state index is 13.7. The number of carbonyl (C=O) groups is 2. The number of aliphatic carboxylic acids is 1. The van der Waals surface area contributed by atoms with Crippen molar-refractivity contribution in [2.45, 2.75) is 75.7 Å². The summed E-state index contributed by atoms with van der Waals surface area (Å²) < 4.78 is 36.9. The molecule has 0 radical (unpaired) electrons. The van der Waals surface area contributed by atoms with Crippen molar-refractivity contribution in [3.8, 4) is 5.75 Å². The molecule has 3 heterocycles. The van der Waals surface area contributed by atoms with Crippen LogP contribution < -0.4 is 9.46 Å². The van der Waals surface area contributed by atoms with Crippen molar-refractivity contribution < 1.29 is 27.9 Å². The van der Waals surface area contributed by atoms with E-state index in [1.165, 1.54) is 38.9 Å². The molecule has 2 fully saturated rings. The molecule has 0 bridgehead atoms. The summed E-state index contributed by atoms with van der Waals surface area (Å²) in [4.78, 5) is 29.7. The first-order valence-corrected chi connectivity index (χ1v) is 18.4. The van der Waals surface area contributed by atoms with Gasteiger partial charge in [0.1, 0.15) is 11.4 Å². The highest BCUT2D eigenvalue weighted by molar-refractivity contribution is 7.87. The second-order valence-corrected chi connectivity index (χ2v) is 15.9. The maximum Gasteiger partial charge on any atom is 0.306 e. The average Bonchev–Trinajstić information content (AvgIpc) is 3.64. The van der Waals surface area contributed by atoms with Gasteiger partial charge in [0, 0.05) is 42.9 Å². The zero-order valence-corrected chi connectivity index (χ0v) is 28.6. The normalized spacial score (nSPS) is 22.8. The molecule has 0 saturated heterocycles. The number of benzene rings is 2. The predicted octanol–water partition coefficient (Wildman–Crippen LogP) is 6.14. The summed E-state index contributed by atoms with van der Waals surface area (Å²) in [5.74, 6) is -1.25. The van der Waals surface area contributed by atoms with E-state index in [0.717, 1.165) is 50.6 Å². The van der Waals surface area contributed by atoms with Gasteiger partial charge in [0.05, 0.1) is 25.1 Å². The molecule has 10 nitrogen and oxygen atoms in total. The number of nitrogens with zero attached hydrogens (tertiary/aromatic N) is 2. The van der Waals surface area contributed by atoms with Gasteiger partial charge in [-0.1, -0.05) is 55.7 Å². The molecule has 3 aliphatic rings. The van der Waals surface area contributed by atoms with Crippen molar-refractivity contribution in [3.05, 3.63) is 88.4 Å². The van der Waals surface area contributed by atoms with E-state index in [0.29, 0.717) is 37.3 Å². The van der Waals surface area contributed by atoms with Crippen molar-refractivity contribution >= 4 is 33.0 Å². The minimum atomic E-state index is -4.04. The van der Waals surface area contributed by atoms with Gasteiger partial charge in [0.2, 0.25) is 0 Å². The number of carbonyl (C=O) groups excluding carboxylic acids is 1. The molecule has 1 amide bonds. The molecule has 3 N–H and O–H groups in total. The number of aromatic amines is 1. The van der Waals surface area contributed by atoms with E-state index in [2.05, 4.69) is 44.6 Å². The first-order valence-electron chi connectivity index (χ1n) is 17.0. The number of hydrogen-bond donors (Lipinski definition) is 3. The minimum absolute atomic E-state index is 0.0240. The summed E-state index contributed by atoms with van der Waals surface area (Å²) in [6.45, 7) is 0.351. The standard InChI is InChI=1S/C37H44N4O6S/c1-40(2)48(45,46)39-36(42)34-31-21-41-32(19-29-33(47-3)15-14-25(35(29)41)23-12-8-5-9-13-23)28-17-24(16-22-10-6-4-7-11-22)26(37(43)44)18-27(28)30(31)20-38-34/h4,6-7,10-11,14-15,19-20,23-24,26-28,38H,5,8-9,12-13,16-18,21H2,1-3H3,(H,39,42)(H,43,44)/t24?,26-,27?,28-/m1/s1. The number of aromatic nitrogens is 2. The summed E-state index contributed by atoms with van der Waals surface area (Å²) in [6.07, 6.45) is 9.36. The van der Waals surface area contributed by atoms with Crippen LogP contribution in [0, 0.1) is 11.8 Å². The highest BCUT2D eigenvalue weighted by Crippen LogP contribution is 2.54. The number of H-pyrrole nitrogens is 1. The lowest BCUT2D eigenvalue weighted by Gasteiger charge is -2.39. The Bertz CT molecular complexity index is 1960. The Morgan fingerprint density at radius 1 is 1.02 bits per heavy atom. The number of methoxy groups -OCH3 is 1. The molecule has 2 aromatic heterocycles. The Balaban J connectivity index is 1.42. The lowest BCUT2D eigenvalue weighted by Crippen LogP contribution is -2.40. The third kappa shape index (κ3) is 5.70. The molecule has 7 rings (SSSR count). The van der Waals surface area contributed by atoms with Gasteiger partial charge in [-0.25, -0.2) is 4.72 Å². The van der Waals surface area contributed by atoms with E-state index >= 15 is 0 Å². The van der Waals surface area contributed by atoms with E-state index in [4.69, 9.17) is 4.74 Å². The number of amides is 1. The molecule has 4 aromatic rings. The molecule has 4 atom stereocenters. The van der Waals surface area contributed by atoms with Crippen LogP contribution in [-0.4, -0.2) is 60.5 Å². The lowest BCUT2D eigenvalue weighted by atomic mass is 9.64. The number of carboxylic acids is 1. The predicted molar refractivity (Wildman–Crippen MR) is 184 cm³/mol. The van der Waals surface area contributed by atoms with Crippen LogP contribution in [0.1, 0.15) is 101 Å². The SMILES string of the molecule is COc1ccc(C2CCCCC2)c2c1cc1n2Cc2c(c[nH]c2C(=O)NS(=O)(=O)N(C)C)C2C[C@@H](C(=O)O)C(Cc3ccccc3)C[C@@H]12. The van der Waals surface area contributed by atoms with E-state index in [9.17, 15) is 23.1 Å². The smallest absolute Gasteiger partial charge is 0.306 e. The monoisotopic (exact) mass is 672 g/mol. The van der Waals surface area contributed by atoms with Crippen LogP contribution in [0.25, 0.3) is 10.9 Å². The summed E-state index contributed by atoms with van der Waals surface area (Å²) in [5.41, 5.74) is 6.37. The Morgan fingerprint density at radius 2 is 1.77 bits per heavy atom. The van der Waals surface area contributed by atoms with E-state index in [1.54, 1.807) is 13.3 Å². The fraction of sp³-hybridized carbons (Fsp3) is 0.459. The average molecular weight is 673 g/mol. The van der Waals surface area contributed by atoms with Crippen molar-refractivity contribution in [3.63, 3.8) is 0 Å². The highest BCUT2D eigenvalue weighted by Gasteiger charge is 2.46. The van der Waals surface area contributed by atoms with Gasteiger partial charge in [0.15, 0.2) is 0 Å². The fourth-order valence-corrected chi connectivity index (χ4v) is 9.31. The summed E-state index contributed by atoms with van der Waals surface area (Å²) in [5, 5.41) is 11.6. The number of rotatable bonds is 8. The van der Waals surface area contributed by atoms with Gasteiger partial charge in [-0.3, -0.25) is 9.59 Å². The Morgan fingerprint density at radius 3 is 2.46 bits per heavy atom. The number of hydrogen-bond acceptors (Lipinski definition) is 5. The Kier molecular flexibility index (Phi) is 8.62. The largest absolute Gasteiger partial charge is 0.496 e. The van der Waals surface area contributed by atoms with Gasteiger partial charge < -0.3 is 19.4 Å². The van der Waals surface area contributed by atoms with E-state index in [1.807, 2.05) is 18.2 Å². The zero-order valence-electron chi connectivity index (χ0n) is 27.7. The first-order chi connectivity index (χ1) is 23.1. The van der Waals surface area contributed by atoms with Crippen LogP contribution in [0.15, 0.2) is 54.7 Å². The fourth-order valence-electron chi connectivity index (χ4n) is 8.79. The molecular formula is C37H44N4O6S. The van der Waals surface area contributed by atoms with Crippen molar-refractivity contribution in [2.24, 2.45) is 11.8 Å². The van der Waals surface area contributed by atoms with Crippen LogP contribution in [0.3, 0.4) is 0 Å². The number of carboxylic acid groups (broad SMARTS) is 1. The number of ether oxygens (including phenoxy) is 1. The van der Waals surface area contributed by atoms with Crippen LogP contribution >= 0.6 is 0 Å². The van der Waals surface area contributed by atoms with Crippen LogP contribution in [0.5, 0.6) is 5.75 Å². The molecule has 2 aliphatic carbocycles. The number of nitrogens with one attached hydrogen (secondary N) is 2. The van der Waals surface area contributed by atoms with Gasteiger partial charge in [-0.2, -0.15) is 12.7 Å². The number of fused-ring (bicyclic) bond motifs is 7. The zero-order chi connectivity index (χ0) is 33.7. The topological polar surface area (TPSA) is 134 Å². The van der Waals surface area contributed by atoms with Crippen molar-refractivity contribution in [1.82, 2.24) is 18.6 Å². The van der Waals surface area contributed by atoms with E-state index < -0.39 is 28.0 Å². The van der Waals surface area contributed by atoms with Crippen LogP contribution in [0.2, 0.25) is 0 Å². The van der Waals surface area contributed by atoms with Crippen LogP contribution in [-0.2, 0) is 28.0 Å². The molecule has 1 aliphatic heterocycles. The summed E-state index contributed by atoms with van der Waals surface area (Å²) in [6, 6.07) is 16.6. The molecular weight excluding hydrogens is 628 g/mol. The van der Waals surface area contributed by atoms with Gasteiger partial charge in [-0.05, 0) is 78.7 Å². The Hall–Kier alpha value is -4.09. The maximum absolute atomic E-state index is 13.7. The van der Waals surface area contributed by atoms with Crippen LogP contribution in [0.4, 0.5) is 0 Å². The lowest BCUT2D eigenvalue weighted by molar-refractivity contribution is -0.145. The second-order valence-electron chi connectivity index (χ2n) is 14.0. The third-order valence-corrected chi connectivity index (χ3v) is 12.6.